The third-order valence-electron chi connectivity index (χ3n) is 3.33. The Hall–Kier alpha value is -2.21. The van der Waals surface area contributed by atoms with Crippen LogP contribution >= 0.6 is 15.9 Å². The van der Waals surface area contributed by atoms with E-state index >= 15 is 0 Å². The number of aliphatic imine (C=N–C) groups is 1. The number of hydrogen-bond acceptors (Lipinski definition) is 5. The Kier molecular flexibility index (Phi) is 5.87. The van der Waals surface area contributed by atoms with Crippen LogP contribution in [0.25, 0.3) is 5.76 Å². The summed E-state index contributed by atoms with van der Waals surface area (Å²) in [7, 11) is 1.64. The summed E-state index contributed by atoms with van der Waals surface area (Å²) in [5.41, 5.74) is 8.42. The van der Waals surface area contributed by atoms with E-state index in [0.717, 1.165) is 23.3 Å². The maximum Gasteiger partial charge on any atom is 0.244 e. The van der Waals surface area contributed by atoms with E-state index in [0.29, 0.717) is 16.2 Å². The van der Waals surface area contributed by atoms with Crippen LogP contribution in [0.15, 0.2) is 51.7 Å². The minimum atomic E-state index is 0.273. The number of nitrogens with two attached hydrogens (primary N) is 1. The number of nitrogen functional groups attached to an aromatic ring is 1. The zero-order valence-electron chi connectivity index (χ0n) is 13.4. The van der Waals surface area contributed by atoms with Gasteiger partial charge in [0.15, 0.2) is 11.5 Å². The summed E-state index contributed by atoms with van der Waals surface area (Å²) in [4.78, 5) is 12.6. The maximum absolute atomic E-state index is 6.09. The first kappa shape index (κ1) is 17.1. The number of halogens is 1. The Morgan fingerprint density at radius 1 is 1.30 bits per heavy atom. The van der Waals surface area contributed by atoms with Crippen molar-refractivity contribution in [3.8, 4) is 0 Å². The van der Waals surface area contributed by atoms with Crippen molar-refractivity contribution in [3.05, 3.63) is 58.0 Å². The molecule has 5 nitrogen and oxygen atoms in total. The molecule has 1 aromatic carbocycles. The molecule has 0 aliphatic rings. The molecule has 0 amide bonds. The minimum Gasteiger partial charge on any atom is -0.437 e. The summed E-state index contributed by atoms with van der Waals surface area (Å²) in [5, 5.41) is 0. The molecule has 1 heterocycles. The highest BCUT2D eigenvalue weighted by atomic mass is 79.9. The highest BCUT2D eigenvalue weighted by molar-refractivity contribution is 9.10. The van der Waals surface area contributed by atoms with Crippen LogP contribution in [0.2, 0.25) is 0 Å². The van der Waals surface area contributed by atoms with Crippen molar-refractivity contribution < 1.29 is 4.74 Å². The Bertz CT molecular complexity index is 742. The normalized spacial score (nSPS) is 12.8. The molecule has 0 radical (unpaired) electrons. The summed E-state index contributed by atoms with van der Waals surface area (Å²) in [5.74, 6) is 1.37. The molecule has 120 valence electrons. The summed E-state index contributed by atoms with van der Waals surface area (Å²) in [6.45, 7) is 4.11. The lowest BCUT2D eigenvalue weighted by Crippen LogP contribution is -2.13. The summed E-state index contributed by atoms with van der Waals surface area (Å²) >= 11 is 3.30. The molecule has 0 atom stereocenters. The van der Waals surface area contributed by atoms with Crippen molar-refractivity contribution in [3.63, 3.8) is 0 Å². The molecule has 0 bridgehead atoms. The van der Waals surface area contributed by atoms with Gasteiger partial charge in [0.05, 0.1) is 6.20 Å². The fraction of sp³-hybridized carbons (Fsp3) is 0.235. The van der Waals surface area contributed by atoms with E-state index in [2.05, 4.69) is 37.8 Å². The SMILES string of the molecule is CCC(C)=C(OC(=NC)c1nc(Br)cnc1N)c1ccccc1. The van der Waals surface area contributed by atoms with Crippen LogP contribution in [-0.2, 0) is 4.74 Å². The molecular weight excluding hydrogens is 356 g/mol. The van der Waals surface area contributed by atoms with Crippen molar-refractivity contribution in [2.75, 3.05) is 12.8 Å². The molecule has 0 saturated carbocycles. The number of aromatic nitrogens is 2. The van der Waals surface area contributed by atoms with Gasteiger partial charge < -0.3 is 10.5 Å². The van der Waals surface area contributed by atoms with Crippen LogP contribution in [-0.4, -0.2) is 22.9 Å². The number of anilines is 1. The van der Waals surface area contributed by atoms with Crippen LogP contribution in [0, 0.1) is 0 Å². The average Bonchev–Trinajstić information content (AvgIpc) is 2.58. The molecule has 0 unspecified atom stereocenters. The second-order valence-electron chi connectivity index (χ2n) is 4.89. The molecular formula is C17H19BrN4O. The van der Waals surface area contributed by atoms with Crippen molar-refractivity contribution >= 4 is 33.4 Å². The van der Waals surface area contributed by atoms with Gasteiger partial charge in [-0.1, -0.05) is 37.3 Å². The molecule has 1 aromatic heterocycles. The quantitative estimate of drug-likeness (QED) is 0.497. The van der Waals surface area contributed by atoms with E-state index in [4.69, 9.17) is 10.5 Å². The molecule has 0 aliphatic carbocycles. The number of allylic oxidation sites excluding steroid dienone is 1. The van der Waals surface area contributed by atoms with Gasteiger partial charge in [-0.2, -0.15) is 0 Å². The van der Waals surface area contributed by atoms with E-state index in [1.807, 2.05) is 37.3 Å². The third kappa shape index (κ3) is 4.16. The van der Waals surface area contributed by atoms with Gasteiger partial charge >= 0.3 is 0 Å². The number of ether oxygens (including phenoxy) is 1. The Labute approximate surface area is 144 Å². The van der Waals surface area contributed by atoms with Crippen LogP contribution in [0.3, 0.4) is 0 Å². The van der Waals surface area contributed by atoms with Gasteiger partial charge in [-0.15, -0.1) is 0 Å². The first-order valence-corrected chi connectivity index (χ1v) is 8.04. The fourth-order valence-electron chi connectivity index (χ4n) is 1.97. The smallest absolute Gasteiger partial charge is 0.244 e. The predicted octanol–water partition coefficient (Wildman–Crippen LogP) is 4.06. The fourth-order valence-corrected chi connectivity index (χ4v) is 2.25. The second-order valence-corrected chi connectivity index (χ2v) is 5.70. The molecule has 23 heavy (non-hydrogen) atoms. The van der Waals surface area contributed by atoms with E-state index in [-0.39, 0.29) is 5.82 Å². The van der Waals surface area contributed by atoms with Gasteiger partial charge in [0, 0.05) is 12.6 Å². The zero-order chi connectivity index (χ0) is 16.8. The predicted molar refractivity (Wildman–Crippen MR) is 97.0 cm³/mol. The van der Waals surface area contributed by atoms with Crippen LogP contribution in [0.1, 0.15) is 31.5 Å². The highest BCUT2D eigenvalue weighted by Crippen LogP contribution is 2.24. The number of benzene rings is 1. The van der Waals surface area contributed by atoms with Crippen molar-refractivity contribution in [2.45, 2.75) is 20.3 Å². The van der Waals surface area contributed by atoms with Crippen LogP contribution in [0.4, 0.5) is 5.82 Å². The Morgan fingerprint density at radius 2 is 2.00 bits per heavy atom. The van der Waals surface area contributed by atoms with Crippen LogP contribution < -0.4 is 5.73 Å². The van der Waals surface area contributed by atoms with Crippen molar-refractivity contribution in [2.24, 2.45) is 4.99 Å². The first-order valence-electron chi connectivity index (χ1n) is 7.25. The number of hydrogen-bond donors (Lipinski definition) is 1. The molecule has 2 aromatic rings. The maximum atomic E-state index is 6.09. The lowest BCUT2D eigenvalue weighted by atomic mass is 10.1. The monoisotopic (exact) mass is 374 g/mol. The molecule has 0 spiro atoms. The summed E-state index contributed by atoms with van der Waals surface area (Å²) < 4.78 is 6.66. The molecule has 2 rings (SSSR count). The molecule has 0 saturated heterocycles. The van der Waals surface area contributed by atoms with Crippen molar-refractivity contribution in [1.82, 2.24) is 9.97 Å². The third-order valence-corrected chi connectivity index (χ3v) is 3.71. The molecule has 0 aliphatic heterocycles. The first-order chi connectivity index (χ1) is 11.1. The van der Waals surface area contributed by atoms with Gasteiger partial charge in [-0.25, -0.2) is 9.97 Å². The van der Waals surface area contributed by atoms with Gasteiger partial charge in [-0.05, 0) is 34.8 Å². The van der Waals surface area contributed by atoms with E-state index in [1.165, 1.54) is 6.20 Å². The van der Waals surface area contributed by atoms with Gasteiger partial charge in [-0.3, -0.25) is 4.99 Å². The number of rotatable bonds is 4. The van der Waals surface area contributed by atoms with E-state index in [1.54, 1.807) is 7.05 Å². The largest absolute Gasteiger partial charge is 0.437 e. The Morgan fingerprint density at radius 3 is 2.61 bits per heavy atom. The molecule has 2 N–H and O–H groups in total. The summed E-state index contributed by atoms with van der Waals surface area (Å²) in [6.07, 6.45) is 2.40. The summed E-state index contributed by atoms with van der Waals surface area (Å²) in [6, 6.07) is 9.90. The molecule has 6 heteroatoms. The van der Waals surface area contributed by atoms with E-state index in [9.17, 15) is 0 Å². The van der Waals surface area contributed by atoms with Gasteiger partial charge in [0.2, 0.25) is 5.90 Å². The van der Waals surface area contributed by atoms with Gasteiger partial charge in [0.1, 0.15) is 10.4 Å². The van der Waals surface area contributed by atoms with Gasteiger partial charge in [0.25, 0.3) is 0 Å². The second kappa shape index (κ2) is 7.87. The van der Waals surface area contributed by atoms with E-state index < -0.39 is 0 Å². The molecule has 0 fully saturated rings. The van der Waals surface area contributed by atoms with Crippen LogP contribution in [0.5, 0.6) is 0 Å². The number of nitrogens with zero attached hydrogens (tertiary/aromatic N) is 3. The Balaban J connectivity index is 2.45. The standard InChI is InChI=1S/C17H19BrN4O/c1-4-11(2)15(12-8-6-5-7-9-12)23-17(20-3)14-16(19)21-10-13(18)22-14/h5-10H,4H2,1-3H3,(H2,19,21). The lowest BCUT2D eigenvalue weighted by molar-refractivity contribution is 0.499. The van der Waals surface area contributed by atoms with Crippen molar-refractivity contribution in [1.29, 1.82) is 0 Å². The lowest BCUT2D eigenvalue weighted by Gasteiger charge is -2.15. The highest BCUT2D eigenvalue weighted by Gasteiger charge is 2.17. The average molecular weight is 375 g/mol. The zero-order valence-corrected chi connectivity index (χ0v) is 15.0. The topological polar surface area (TPSA) is 73.4 Å². The minimum absolute atomic E-state index is 0.273.